The Kier molecular flexibility index (Phi) is 7.11. The van der Waals surface area contributed by atoms with Gasteiger partial charge in [-0.2, -0.15) is 0 Å². The third-order valence-electron chi connectivity index (χ3n) is 4.50. The lowest BCUT2D eigenvalue weighted by Gasteiger charge is -2.13. The van der Waals surface area contributed by atoms with Crippen LogP contribution in [-0.2, 0) is 22.7 Å². The third-order valence-corrected chi connectivity index (χ3v) is 4.50. The standard InChI is InChI=1S/C24H22O7/c1-28-23(26)19-12-13-20(22(25)21(19)24(27)29-2)31-15-17-8-10-18(11-9-17)30-14-16-6-4-3-5-7-16/h3-13,25H,14-15H2,1-2H3. The molecule has 1 N–H and O–H groups in total. The van der Waals surface area contributed by atoms with Crippen LogP contribution in [0.3, 0.4) is 0 Å². The number of rotatable bonds is 8. The normalized spacial score (nSPS) is 10.3. The smallest absolute Gasteiger partial charge is 0.342 e. The van der Waals surface area contributed by atoms with E-state index in [1.165, 1.54) is 19.2 Å². The molecule has 3 aromatic carbocycles. The van der Waals surface area contributed by atoms with Gasteiger partial charge in [-0.15, -0.1) is 0 Å². The Hall–Kier alpha value is -4.00. The highest BCUT2D eigenvalue weighted by Crippen LogP contribution is 2.34. The molecule has 160 valence electrons. The molecule has 0 aliphatic carbocycles. The first-order valence-electron chi connectivity index (χ1n) is 9.44. The number of aromatic hydroxyl groups is 1. The second-order valence-electron chi connectivity index (χ2n) is 6.52. The van der Waals surface area contributed by atoms with Crippen LogP contribution in [0, 0.1) is 0 Å². The predicted molar refractivity (Wildman–Crippen MR) is 112 cm³/mol. The Labute approximate surface area is 179 Å². The van der Waals surface area contributed by atoms with Crippen molar-refractivity contribution in [3.8, 4) is 17.2 Å². The molecule has 0 amide bonds. The summed E-state index contributed by atoms with van der Waals surface area (Å²) >= 11 is 0. The molecule has 0 fully saturated rings. The van der Waals surface area contributed by atoms with Gasteiger partial charge in [0.05, 0.1) is 19.8 Å². The van der Waals surface area contributed by atoms with Crippen molar-refractivity contribution in [3.05, 3.63) is 89.0 Å². The fourth-order valence-corrected chi connectivity index (χ4v) is 2.86. The van der Waals surface area contributed by atoms with Gasteiger partial charge in [0.2, 0.25) is 0 Å². The maximum absolute atomic E-state index is 12.0. The molecule has 0 spiro atoms. The lowest BCUT2D eigenvalue weighted by atomic mass is 10.1. The molecule has 0 heterocycles. The molecule has 0 bridgehead atoms. The van der Waals surface area contributed by atoms with E-state index in [2.05, 4.69) is 9.47 Å². The minimum Gasteiger partial charge on any atom is -0.504 e. The number of phenolic OH excluding ortho intramolecular Hbond substituents is 1. The number of carbonyl (C=O) groups excluding carboxylic acids is 2. The van der Waals surface area contributed by atoms with E-state index in [0.717, 1.165) is 18.2 Å². The average Bonchev–Trinajstić information content (AvgIpc) is 2.82. The molecule has 3 aromatic rings. The number of esters is 2. The number of methoxy groups -OCH3 is 2. The summed E-state index contributed by atoms with van der Waals surface area (Å²) in [5.41, 5.74) is 1.47. The Balaban J connectivity index is 1.68. The second-order valence-corrected chi connectivity index (χ2v) is 6.52. The Morgan fingerprint density at radius 1 is 0.742 bits per heavy atom. The van der Waals surface area contributed by atoms with E-state index in [9.17, 15) is 14.7 Å². The van der Waals surface area contributed by atoms with E-state index in [1.54, 1.807) is 0 Å². The van der Waals surface area contributed by atoms with E-state index in [4.69, 9.17) is 9.47 Å². The van der Waals surface area contributed by atoms with Crippen molar-refractivity contribution >= 4 is 11.9 Å². The van der Waals surface area contributed by atoms with Gasteiger partial charge in [-0.1, -0.05) is 42.5 Å². The third kappa shape index (κ3) is 5.33. The molecule has 0 saturated heterocycles. The van der Waals surface area contributed by atoms with Crippen molar-refractivity contribution in [2.45, 2.75) is 13.2 Å². The molecule has 0 aliphatic heterocycles. The van der Waals surface area contributed by atoms with Crippen molar-refractivity contribution in [2.24, 2.45) is 0 Å². The molecule has 0 radical (unpaired) electrons. The van der Waals surface area contributed by atoms with E-state index >= 15 is 0 Å². The van der Waals surface area contributed by atoms with Gasteiger partial charge < -0.3 is 24.1 Å². The second kappa shape index (κ2) is 10.2. The molecule has 3 rings (SSSR count). The molecule has 0 saturated carbocycles. The average molecular weight is 422 g/mol. The van der Waals surface area contributed by atoms with Crippen molar-refractivity contribution in [1.29, 1.82) is 0 Å². The molecule has 31 heavy (non-hydrogen) atoms. The Morgan fingerprint density at radius 3 is 2.00 bits per heavy atom. The number of ether oxygens (including phenoxy) is 4. The number of carbonyl (C=O) groups is 2. The van der Waals surface area contributed by atoms with Crippen LogP contribution in [0.25, 0.3) is 0 Å². The van der Waals surface area contributed by atoms with Crippen molar-refractivity contribution in [3.63, 3.8) is 0 Å². The fourth-order valence-electron chi connectivity index (χ4n) is 2.86. The highest BCUT2D eigenvalue weighted by Gasteiger charge is 2.25. The van der Waals surface area contributed by atoms with Gasteiger partial charge in [-0.3, -0.25) is 0 Å². The van der Waals surface area contributed by atoms with E-state index in [1.807, 2.05) is 54.6 Å². The van der Waals surface area contributed by atoms with Crippen molar-refractivity contribution in [1.82, 2.24) is 0 Å². The van der Waals surface area contributed by atoms with Gasteiger partial charge in [0.25, 0.3) is 0 Å². The summed E-state index contributed by atoms with van der Waals surface area (Å²) in [7, 11) is 2.33. The molecular formula is C24H22O7. The van der Waals surface area contributed by atoms with Gasteiger partial charge in [-0.05, 0) is 35.4 Å². The maximum Gasteiger partial charge on any atom is 0.342 e. The van der Waals surface area contributed by atoms with Crippen LogP contribution in [0.1, 0.15) is 31.8 Å². The molecular weight excluding hydrogens is 400 g/mol. The maximum atomic E-state index is 12.0. The molecule has 0 aromatic heterocycles. The largest absolute Gasteiger partial charge is 0.504 e. The van der Waals surface area contributed by atoms with E-state index < -0.39 is 17.7 Å². The summed E-state index contributed by atoms with van der Waals surface area (Å²) in [6.45, 7) is 0.595. The zero-order valence-corrected chi connectivity index (χ0v) is 17.2. The number of hydrogen-bond acceptors (Lipinski definition) is 7. The van der Waals surface area contributed by atoms with Gasteiger partial charge in [0.1, 0.15) is 24.5 Å². The summed E-state index contributed by atoms with van der Waals surface area (Å²) < 4.78 is 20.7. The number of hydrogen-bond donors (Lipinski definition) is 1. The highest BCUT2D eigenvalue weighted by atomic mass is 16.5. The highest BCUT2D eigenvalue weighted by molar-refractivity contribution is 6.05. The molecule has 0 atom stereocenters. The van der Waals surface area contributed by atoms with Crippen LogP contribution in [-0.4, -0.2) is 31.3 Å². The summed E-state index contributed by atoms with van der Waals surface area (Å²) in [6, 6.07) is 19.9. The molecule has 0 unspecified atom stereocenters. The van der Waals surface area contributed by atoms with Crippen LogP contribution in [0.5, 0.6) is 17.2 Å². The molecule has 7 nitrogen and oxygen atoms in total. The van der Waals surface area contributed by atoms with Crippen LogP contribution in [0.2, 0.25) is 0 Å². The first-order valence-corrected chi connectivity index (χ1v) is 9.44. The Morgan fingerprint density at radius 2 is 1.35 bits per heavy atom. The van der Waals surface area contributed by atoms with Crippen LogP contribution < -0.4 is 9.47 Å². The first-order chi connectivity index (χ1) is 15.0. The zero-order valence-electron chi connectivity index (χ0n) is 17.2. The number of phenols is 1. The topological polar surface area (TPSA) is 91.3 Å². The SMILES string of the molecule is COC(=O)c1ccc(OCc2ccc(OCc3ccccc3)cc2)c(O)c1C(=O)OC. The minimum atomic E-state index is -0.872. The summed E-state index contributed by atoms with van der Waals surface area (Å²) in [5, 5.41) is 10.5. The van der Waals surface area contributed by atoms with E-state index in [0.29, 0.717) is 12.4 Å². The summed E-state index contributed by atoms with van der Waals surface area (Å²) in [5.74, 6) is -1.38. The summed E-state index contributed by atoms with van der Waals surface area (Å²) in [4.78, 5) is 23.9. The van der Waals surface area contributed by atoms with Gasteiger partial charge >= 0.3 is 11.9 Å². The van der Waals surface area contributed by atoms with E-state index in [-0.39, 0.29) is 23.5 Å². The van der Waals surface area contributed by atoms with Gasteiger partial charge in [0, 0.05) is 0 Å². The quantitative estimate of drug-likeness (QED) is 0.546. The van der Waals surface area contributed by atoms with Crippen LogP contribution in [0.15, 0.2) is 66.7 Å². The van der Waals surface area contributed by atoms with Crippen LogP contribution in [0.4, 0.5) is 0 Å². The lowest BCUT2D eigenvalue weighted by Crippen LogP contribution is -2.12. The predicted octanol–water partition coefficient (Wildman–Crippen LogP) is 4.12. The lowest BCUT2D eigenvalue weighted by molar-refractivity contribution is 0.0551. The monoisotopic (exact) mass is 422 g/mol. The van der Waals surface area contributed by atoms with Gasteiger partial charge in [-0.25, -0.2) is 9.59 Å². The number of benzene rings is 3. The molecule has 7 heteroatoms. The van der Waals surface area contributed by atoms with Crippen molar-refractivity contribution < 1.29 is 33.6 Å². The fraction of sp³-hybridized carbons (Fsp3) is 0.167. The minimum absolute atomic E-state index is 0.0393. The van der Waals surface area contributed by atoms with Crippen LogP contribution >= 0.6 is 0 Å². The first kappa shape index (κ1) is 21.7. The summed E-state index contributed by atoms with van der Waals surface area (Å²) in [6.07, 6.45) is 0. The molecule has 0 aliphatic rings. The van der Waals surface area contributed by atoms with Gasteiger partial charge in [0.15, 0.2) is 11.5 Å². The van der Waals surface area contributed by atoms with Crippen molar-refractivity contribution in [2.75, 3.05) is 14.2 Å². The zero-order chi connectivity index (χ0) is 22.2. The Bertz CT molecular complexity index is 1040.